The summed E-state index contributed by atoms with van der Waals surface area (Å²) in [6.45, 7) is 0.288. The molecule has 0 aliphatic heterocycles. The van der Waals surface area contributed by atoms with E-state index in [1.54, 1.807) is 7.05 Å². The highest BCUT2D eigenvalue weighted by molar-refractivity contribution is 7.99. The fourth-order valence-corrected chi connectivity index (χ4v) is 2.29. The lowest BCUT2D eigenvalue weighted by Gasteiger charge is -2.15. The smallest absolute Gasteiger partial charge is 0.325 e. The van der Waals surface area contributed by atoms with Crippen molar-refractivity contribution in [2.24, 2.45) is 0 Å². The van der Waals surface area contributed by atoms with E-state index in [-0.39, 0.29) is 36.0 Å². The van der Waals surface area contributed by atoms with Crippen molar-refractivity contribution in [3.05, 3.63) is 23.8 Å². The molecule has 0 aliphatic carbocycles. The van der Waals surface area contributed by atoms with E-state index >= 15 is 0 Å². The number of thioether (sulfide) groups is 1. The predicted octanol–water partition coefficient (Wildman–Crippen LogP) is 4.33. The number of alkyl halides is 6. The molecule has 24 heavy (non-hydrogen) atoms. The molecule has 0 radical (unpaired) electrons. The maximum absolute atomic E-state index is 12.7. The van der Waals surface area contributed by atoms with E-state index in [1.165, 1.54) is 0 Å². The van der Waals surface area contributed by atoms with Gasteiger partial charge in [-0.15, -0.1) is 24.2 Å². The zero-order valence-corrected chi connectivity index (χ0v) is 14.0. The summed E-state index contributed by atoms with van der Waals surface area (Å²) in [6, 6.07) is 2.24. The Morgan fingerprint density at radius 1 is 1.17 bits per heavy atom. The van der Waals surface area contributed by atoms with Gasteiger partial charge in [0.1, 0.15) is 0 Å². The molecule has 0 spiro atoms. The van der Waals surface area contributed by atoms with Gasteiger partial charge in [-0.05, 0) is 25.2 Å². The first kappa shape index (κ1) is 22.9. The van der Waals surface area contributed by atoms with Gasteiger partial charge in [-0.2, -0.15) is 26.3 Å². The molecule has 0 saturated heterocycles. The lowest BCUT2D eigenvalue weighted by atomic mass is 10.2. The average molecular weight is 397 g/mol. The second-order valence-electron chi connectivity index (χ2n) is 4.51. The highest BCUT2D eigenvalue weighted by atomic mass is 35.5. The summed E-state index contributed by atoms with van der Waals surface area (Å²) < 4.78 is 74.9. The van der Waals surface area contributed by atoms with Crippen LogP contribution in [0.5, 0.6) is 0 Å². The number of carbonyl (C=O) groups is 1. The quantitative estimate of drug-likeness (QED) is 0.555. The van der Waals surface area contributed by atoms with Crippen molar-refractivity contribution in [2.75, 3.05) is 24.7 Å². The van der Waals surface area contributed by atoms with Crippen LogP contribution in [0.1, 0.15) is 12.0 Å². The third kappa shape index (κ3) is 8.11. The fraction of sp³-hybridized carbons (Fsp3) is 0.462. The molecule has 138 valence electrons. The maximum Gasteiger partial charge on any atom is 0.416 e. The average Bonchev–Trinajstić information content (AvgIpc) is 2.41. The molecule has 11 heteroatoms. The van der Waals surface area contributed by atoms with E-state index in [0.29, 0.717) is 23.9 Å². The number of anilines is 1. The van der Waals surface area contributed by atoms with E-state index < -0.39 is 29.6 Å². The summed E-state index contributed by atoms with van der Waals surface area (Å²) in [7, 11) is 1.59. The molecular formula is C13H15ClF6N2OS. The minimum atomic E-state index is -4.66. The standard InChI is InChI=1S/C13H14F6N2OS.ClH/c1-20-5-4-11(22)21-9-6-8(13(17,18)19)2-3-10(9)23-7-12(14,15)16;/h2-3,6,20H,4-5,7H2,1H3,(H,21,22);1H. The van der Waals surface area contributed by atoms with Crippen LogP contribution in [-0.4, -0.2) is 31.4 Å². The molecule has 1 aromatic rings. The minimum Gasteiger partial charge on any atom is -0.325 e. The first-order valence-electron chi connectivity index (χ1n) is 6.38. The molecule has 0 aromatic heterocycles. The molecule has 0 aliphatic rings. The highest BCUT2D eigenvalue weighted by Gasteiger charge is 2.32. The van der Waals surface area contributed by atoms with Crippen molar-refractivity contribution in [1.29, 1.82) is 0 Å². The third-order valence-corrected chi connectivity index (χ3v) is 3.71. The van der Waals surface area contributed by atoms with Crippen LogP contribution in [0.15, 0.2) is 23.1 Å². The van der Waals surface area contributed by atoms with E-state index in [2.05, 4.69) is 10.6 Å². The molecule has 0 unspecified atom stereocenters. The van der Waals surface area contributed by atoms with Crippen LogP contribution < -0.4 is 10.6 Å². The highest BCUT2D eigenvalue weighted by Crippen LogP contribution is 2.37. The third-order valence-electron chi connectivity index (χ3n) is 2.57. The van der Waals surface area contributed by atoms with Crippen LogP contribution in [0.25, 0.3) is 0 Å². The number of nitrogens with one attached hydrogen (secondary N) is 2. The molecule has 0 bridgehead atoms. The van der Waals surface area contributed by atoms with Crippen LogP contribution in [0.4, 0.5) is 32.0 Å². The lowest BCUT2D eigenvalue weighted by molar-refractivity contribution is -0.137. The van der Waals surface area contributed by atoms with Gasteiger partial charge in [-0.25, -0.2) is 0 Å². The normalized spacial score (nSPS) is 11.8. The Balaban J connectivity index is 0.00000529. The minimum absolute atomic E-state index is 0. The van der Waals surface area contributed by atoms with E-state index in [1.807, 2.05) is 0 Å². The summed E-state index contributed by atoms with van der Waals surface area (Å²) in [6.07, 6.45) is -9.14. The second-order valence-corrected chi connectivity index (χ2v) is 5.53. The van der Waals surface area contributed by atoms with Crippen molar-refractivity contribution >= 4 is 35.8 Å². The van der Waals surface area contributed by atoms with Gasteiger partial charge in [0.2, 0.25) is 5.91 Å². The molecule has 1 amide bonds. The zero-order valence-electron chi connectivity index (χ0n) is 12.3. The summed E-state index contributed by atoms with van der Waals surface area (Å²) >= 11 is 0.316. The zero-order chi connectivity index (χ0) is 17.7. The van der Waals surface area contributed by atoms with Crippen LogP contribution in [0.2, 0.25) is 0 Å². The summed E-state index contributed by atoms with van der Waals surface area (Å²) in [5.74, 6) is -1.86. The first-order chi connectivity index (χ1) is 10.5. The Bertz CT molecular complexity index is 550. The van der Waals surface area contributed by atoms with Crippen LogP contribution in [0.3, 0.4) is 0 Å². The van der Waals surface area contributed by atoms with Crippen molar-refractivity contribution in [2.45, 2.75) is 23.7 Å². The molecular weight excluding hydrogens is 382 g/mol. The number of carbonyl (C=O) groups excluding carboxylic acids is 1. The molecule has 0 atom stereocenters. The summed E-state index contributed by atoms with van der Waals surface area (Å²) in [4.78, 5) is 11.5. The van der Waals surface area contributed by atoms with Crippen molar-refractivity contribution in [1.82, 2.24) is 5.32 Å². The summed E-state index contributed by atoms with van der Waals surface area (Å²) in [5.41, 5.74) is -1.33. The number of hydrogen-bond donors (Lipinski definition) is 2. The van der Waals surface area contributed by atoms with Crippen LogP contribution in [-0.2, 0) is 11.0 Å². The Hall–Kier alpha value is -1.13. The number of rotatable bonds is 6. The van der Waals surface area contributed by atoms with Crippen molar-refractivity contribution in [3.63, 3.8) is 0 Å². The largest absolute Gasteiger partial charge is 0.416 e. The number of hydrogen-bond acceptors (Lipinski definition) is 3. The van der Waals surface area contributed by atoms with E-state index in [4.69, 9.17) is 0 Å². The topological polar surface area (TPSA) is 41.1 Å². The molecule has 0 saturated carbocycles. The monoisotopic (exact) mass is 396 g/mol. The number of benzene rings is 1. The molecule has 2 N–H and O–H groups in total. The molecule has 1 aromatic carbocycles. The molecule has 0 heterocycles. The van der Waals surface area contributed by atoms with Crippen molar-refractivity contribution in [3.8, 4) is 0 Å². The van der Waals surface area contributed by atoms with Gasteiger partial charge >= 0.3 is 12.4 Å². The van der Waals surface area contributed by atoms with E-state index in [9.17, 15) is 31.1 Å². The fourth-order valence-electron chi connectivity index (χ4n) is 1.54. The second kappa shape index (κ2) is 9.38. The van der Waals surface area contributed by atoms with Crippen molar-refractivity contribution < 1.29 is 31.1 Å². The van der Waals surface area contributed by atoms with Gasteiger partial charge < -0.3 is 10.6 Å². The molecule has 3 nitrogen and oxygen atoms in total. The van der Waals surface area contributed by atoms with Gasteiger partial charge in [-0.3, -0.25) is 4.79 Å². The maximum atomic E-state index is 12.7. The Kier molecular flexibility index (Phi) is 8.94. The molecule has 0 fully saturated rings. The molecule has 1 rings (SSSR count). The summed E-state index contributed by atoms with van der Waals surface area (Å²) in [5, 5.41) is 4.91. The Morgan fingerprint density at radius 2 is 1.79 bits per heavy atom. The van der Waals surface area contributed by atoms with Gasteiger partial charge in [0, 0.05) is 17.9 Å². The van der Waals surface area contributed by atoms with Crippen LogP contribution in [0, 0.1) is 0 Å². The van der Waals surface area contributed by atoms with Gasteiger partial charge in [0.15, 0.2) is 0 Å². The van der Waals surface area contributed by atoms with Gasteiger partial charge in [0.25, 0.3) is 0 Å². The SMILES string of the molecule is CNCCC(=O)Nc1cc(C(F)(F)F)ccc1SCC(F)(F)F.Cl. The predicted molar refractivity (Wildman–Crippen MR) is 82.6 cm³/mol. The first-order valence-corrected chi connectivity index (χ1v) is 7.37. The number of amides is 1. The van der Waals surface area contributed by atoms with Crippen LogP contribution >= 0.6 is 24.2 Å². The number of halogens is 7. The Morgan fingerprint density at radius 3 is 2.29 bits per heavy atom. The van der Waals surface area contributed by atoms with E-state index in [0.717, 1.165) is 6.07 Å². The van der Waals surface area contributed by atoms with Gasteiger partial charge in [-0.1, -0.05) is 0 Å². The van der Waals surface area contributed by atoms with Gasteiger partial charge in [0.05, 0.1) is 17.0 Å². The Labute approximate surface area is 145 Å². The lowest BCUT2D eigenvalue weighted by Crippen LogP contribution is -2.19.